The Kier molecular flexibility index (Phi) is 36.6. The molecule has 12 nitrogen and oxygen atoms in total. The van der Waals surface area contributed by atoms with Gasteiger partial charge in [-0.15, -0.1) is 0 Å². The van der Waals surface area contributed by atoms with Crippen molar-refractivity contribution >= 4 is 22.1 Å². The van der Waals surface area contributed by atoms with E-state index in [1.54, 1.807) is 0 Å². The van der Waals surface area contributed by atoms with Gasteiger partial charge in [-0.1, -0.05) is 185 Å². The van der Waals surface area contributed by atoms with Crippen LogP contribution in [0.5, 0.6) is 0 Å². The van der Waals surface area contributed by atoms with E-state index in [-0.39, 0.29) is 19.4 Å². The van der Waals surface area contributed by atoms with Crippen LogP contribution in [0.15, 0.2) is 36.5 Å². The van der Waals surface area contributed by atoms with Crippen molar-refractivity contribution in [1.82, 2.24) is 0 Å². The number of hydrogen-bond acceptors (Lipinski definition) is 11. The van der Waals surface area contributed by atoms with Crippen LogP contribution in [0.4, 0.5) is 0 Å². The highest BCUT2D eigenvalue weighted by atomic mass is 32.2. The molecule has 13 heteroatoms. The lowest BCUT2D eigenvalue weighted by molar-refractivity contribution is -0.297. The molecule has 0 aromatic heterocycles. The summed E-state index contributed by atoms with van der Waals surface area (Å²) in [7, 11) is -4.61. The lowest BCUT2D eigenvalue weighted by atomic mass is 10.00. The predicted octanol–water partition coefficient (Wildman–Crippen LogP) is 10.6. The van der Waals surface area contributed by atoms with E-state index >= 15 is 0 Å². The van der Waals surface area contributed by atoms with E-state index in [1.807, 2.05) is 0 Å². The molecule has 4 N–H and O–H groups in total. The number of aliphatic hydroxyl groups is 3. The molecule has 0 aromatic carbocycles. The maximum absolute atomic E-state index is 12.8. The van der Waals surface area contributed by atoms with Crippen molar-refractivity contribution in [2.45, 2.75) is 243 Å². The largest absolute Gasteiger partial charge is 0.462 e. The zero-order chi connectivity index (χ0) is 45.5. The average Bonchev–Trinajstić information content (AvgIpc) is 3.24. The van der Waals surface area contributed by atoms with Crippen LogP contribution in [0, 0.1) is 0 Å². The van der Waals surface area contributed by atoms with Crippen LogP contribution in [0.3, 0.4) is 0 Å². The molecule has 62 heavy (non-hydrogen) atoms. The molecule has 1 rings (SSSR count). The normalized spacial score (nSPS) is 20.1. The topological polar surface area (TPSA) is 186 Å². The third-order valence-corrected chi connectivity index (χ3v) is 12.0. The molecule has 0 spiro atoms. The fourth-order valence-electron chi connectivity index (χ4n) is 7.46. The van der Waals surface area contributed by atoms with Crippen molar-refractivity contribution in [1.29, 1.82) is 0 Å². The van der Waals surface area contributed by atoms with Gasteiger partial charge in [0.1, 0.15) is 36.8 Å². The average molecular weight is 901 g/mol. The van der Waals surface area contributed by atoms with E-state index in [4.69, 9.17) is 18.9 Å². The maximum Gasteiger partial charge on any atom is 0.306 e. The van der Waals surface area contributed by atoms with Gasteiger partial charge in [-0.2, -0.15) is 8.42 Å². The summed E-state index contributed by atoms with van der Waals surface area (Å²) in [5, 5.41) is 30.9. The van der Waals surface area contributed by atoms with Crippen molar-refractivity contribution < 1.29 is 56.8 Å². The van der Waals surface area contributed by atoms with E-state index in [1.165, 1.54) is 109 Å². The van der Waals surface area contributed by atoms with Crippen molar-refractivity contribution in [3.05, 3.63) is 36.5 Å². The number of carbonyl (C=O) groups excluding carboxylic acids is 2. The molecule has 0 aliphatic carbocycles. The summed E-state index contributed by atoms with van der Waals surface area (Å²) in [4.78, 5) is 25.4. The van der Waals surface area contributed by atoms with E-state index in [2.05, 4.69) is 50.3 Å². The van der Waals surface area contributed by atoms with Gasteiger partial charge in [0.15, 0.2) is 12.4 Å². The minimum absolute atomic E-state index is 0.130. The van der Waals surface area contributed by atoms with Crippen molar-refractivity contribution in [3.8, 4) is 0 Å². The molecule has 362 valence electrons. The first kappa shape index (κ1) is 57.9. The van der Waals surface area contributed by atoms with Crippen LogP contribution < -0.4 is 0 Å². The third-order valence-electron chi connectivity index (χ3n) is 11.2. The highest BCUT2D eigenvalue weighted by molar-refractivity contribution is 7.85. The molecule has 1 heterocycles. The van der Waals surface area contributed by atoms with Crippen LogP contribution in [-0.2, 0) is 38.7 Å². The second-order valence-corrected chi connectivity index (χ2v) is 18.6. The summed E-state index contributed by atoms with van der Waals surface area (Å²) in [5.41, 5.74) is 0. The quantitative estimate of drug-likeness (QED) is 0.0197. The van der Waals surface area contributed by atoms with Crippen LogP contribution >= 0.6 is 0 Å². The molecule has 0 amide bonds. The van der Waals surface area contributed by atoms with Gasteiger partial charge in [0.2, 0.25) is 0 Å². The van der Waals surface area contributed by atoms with Crippen molar-refractivity contribution in [2.24, 2.45) is 0 Å². The van der Waals surface area contributed by atoms with Crippen LogP contribution in [0.2, 0.25) is 0 Å². The van der Waals surface area contributed by atoms with Gasteiger partial charge in [0, 0.05) is 12.8 Å². The van der Waals surface area contributed by atoms with Gasteiger partial charge in [-0.3, -0.25) is 14.1 Å². The molecule has 0 aromatic rings. The fraction of sp³-hybridized carbons (Fsp3) is 0.837. The smallest absolute Gasteiger partial charge is 0.306 e. The summed E-state index contributed by atoms with van der Waals surface area (Å²) < 4.78 is 54.1. The number of ether oxygens (including phenoxy) is 4. The molecule has 1 aliphatic heterocycles. The Morgan fingerprint density at radius 1 is 0.565 bits per heavy atom. The zero-order valence-corrected chi connectivity index (χ0v) is 39.5. The van der Waals surface area contributed by atoms with Gasteiger partial charge in [0.05, 0.1) is 6.61 Å². The van der Waals surface area contributed by atoms with Crippen LogP contribution in [-0.4, -0.2) is 96.0 Å². The van der Waals surface area contributed by atoms with E-state index in [0.717, 1.165) is 57.8 Å². The molecule has 6 atom stereocenters. The molecular formula is C49H88O12S. The molecule has 6 unspecified atom stereocenters. The Morgan fingerprint density at radius 2 is 1.02 bits per heavy atom. The highest BCUT2D eigenvalue weighted by Crippen LogP contribution is 2.24. The monoisotopic (exact) mass is 901 g/mol. The Labute approximate surface area is 376 Å². The summed E-state index contributed by atoms with van der Waals surface area (Å²) in [5.74, 6) is -2.01. The van der Waals surface area contributed by atoms with E-state index in [9.17, 15) is 37.9 Å². The van der Waals surface area contributed by atoms with Gasteiger partial charge in [-0.25, -0.2) is 0 Å². The highest BCUT2D eigenvalue weighted by Gasteiger charge is 2.46. The minimum Gasteiger partial charge on any atom is -0.462 e. The Morgan fingerprint density at radius 3 is 1.52 bits per heavy atom. The molecule has 1 saturated heterocycles. The lowest BCUT2D eigenvalue weighted by Crippen LogP contribution is -2.60. The predicted molar refractivity (Wildman–Crippen MR) is 247 cm³/mol. The first-order valence-corrected chi connectivity index (χ1v) is 26.2. The number of aliphatic hydroxyl groups excluding tert-OH is 3. The van der Waals surface area contributed by atoms with Gasteiger partial charge >= 0.3 is 11.9 Å². The molecule has 0 bridgehead atoms. The number of hydrogen-bond donors (Lipinski definition) is 4. The number of carbonyl (C=O) groups is 2. The molecular weight excluding hydrogens is 813 g/mol. The second kappa shape index (κ2) is 39.3. The fourth-order valence-corrected chi connectivity index (χ4v) is 8.15. The van der Waals surface area contributed by atoms with Crippen molar-refractivity contribution in [3.63, 3.8) is 0 Å². The van der Waals surface area contributed by atoms with E-state index in [0.29, 0.717) is 12.8 Å². The second-order valence-electron chi connectivity index (χ2n) is 17.1. The van der Waals surface area contributed by atoms with Gasteiger partial charge in [-0.05, 0) is 44.9 Å². The standard InChI is InChI=1S/C49H88O12S/c1-3-5-7-9-11-13-15-17-18-19-20-21-22-23-24-26-27-29-31-33-35-37-44(50)58-39-42(40-59-49-48(54)47(53)46(52)43(61-49)41-62(55,56)57)60-45(51)38-36-34-32-30-28-25-16-14-12-10-8-6-4-2/h6,8,12,14,25,28,42-43,46-49,52-54H,3-5,7,9-11,13,15-24,26-27,29-41H2,1-2H3,(H,55,56,57)/b8-6-,14-12-,28-25-. The summed E-state index contributed by atoms with van der Waals surface area (Å²) in [6, 6.07) is 0. The maximum atomic E-state index is 12.8. The van der Waals surface area contributed by atoms with Crippen LogP contribution in [0.1, 0.15) is 206 Å². The molecule has 0 saturated carbocycles. The van der Waals surface area contributed by atoms with Crippen molar-refractivity contribution in [2.75, 3.05) is 19.0 Å². The summed E-state index contributed by atoms with van der Waals surface area (Å²) >= 11 is 0. The Hall–Kier alpha value is -2.13. The Balaban J connectivity index is 2.36. The van der Waals surface area contributed by atoms with Gasteiger partial charge < -0.3 is 34.3 Å². The first-order chi connectivity index (χ1) is 30.0. The van der Waals surface area contributed by atoms with Gasteiger partial charge in [0.25, 0.3) is 10.1 Å². The molecule has 1 fully saturated rings. The summed E-state index contributed by atoms with van der Waals surface area (Å²) in [6.07, 6.45) is 36.3. The number of allylic oxidation sites excluding steroid dienone is 6. The van der Waals surface area contributed by atoms with E-state index < -0.39 is 71.2 Å². The first-order valence-electron chi connectivity index (χ1n) is 24.5. The SMILES string of the molecule is CC/C=C\C/C=C\C/C=C\CCCCCC(=O)OC(COC(=O)CCCCCCCCCCCCCCCCCCCCCCC)COC1OC(CS(=O)(=O)O)C(O)C(O)C1O. The lowest BCUT2D eigenvalue weighted by Gasteiger charge is -2.40. The number of rotatable bonds is 41. The minimum atomic E-state index is -4.61. The molecule has 1 aliphatic rings. The third kappa shape index (κ3) is 33.4. The molecule has 0 radical (unpaired) electrons. The number of unbranched alkanes of at least 4 members (excludes halogenated alkanes) is 23. The Bertz CT molecular complexity index is 1290. The number of esters is 2. The summed E-state index contributed by atoms with van der Waals surface area (Å²) in [6.45, 7) is 3.64. The van der Waals surface area contributed by atoms with Crippen LogP contribution in [0.25, 0.3) is 0 Å². The zero-order valence-electron chi connectivity index (χ0n) is 38.7.